The topological polar surface area (TPSA) is 88.8 Å². The van der Waals surface area contributed by atoms with Crippen molar-refractivity contribution in [1.29, 1.82) is 5.26 Å². The zero-order chi connectivity index (χ0) is 15.6. The summed E-state index contributed by atoms with van der Waals surface area (Å²) in [7, 11) is 0. The lowest BCUT2D eigenvalue weighted by molar-refractivity contribution is -0.125. The van der Waals surface area contributed by atoms with Crippen LogP contribution in [0.15, 0.2) is 4.99 Å². The molecule has 7 nitrogen and oxygen atoms in total. The molecule has 3 aliphatic rings. The lowest BCUT2D eigenvalue weighted by Crippen LogP contribution is -2.60. The van der Waals surface area contributed by atoms with Gasteiger partial charge >= 0.3 is 0 Å². The maximum atomic E-state index is 12.4. The van der Waals surface area contributed by atoms with Gasteiger partial charge in [0.15, 0.2) is 5.92 Å². The highest BCUT2D eigenvalue weighted by molar-refractivity contribution is 6.02. The Morgan fingerprint density at radius 1 is 1.23 bits per heavy atom. The maximum Gasteiger partial charge on any atom is 0.246 e. The van der Waals surface area contributed by atoms with Crippen LogP contribution in [0.3, 0.4) is 0 Å². The molecule has 2 aliphatic heterocycles. The van der Waals surface area contributed by atoms with E-state index in [1.807, 2.05) is 4.90 Å². The van der Waals surface area contributed by atoms with Gasteiger partial charge in [0.1, 0.15) is 0 Å². The standard InChI is InChI=1S/C15H21N5O2/c16-10-12-13(22)17-14(18-15(12)4-2-1-3-5-15)20-8-6-19(11-21)7-9-20/h11-12H,1-9H2,(H,17,18,22). The summed E-state index contributed by atoms with van der Waals surface area (Å²) >= 11 is 0. The fraction of sp³-hybridized carbons (Fsp3) is 0.733. The van der Waals surface area contributed by atoms with Crippen molar-refractivity contribution >= 4 is 18.3 Å². The number of carbonyl (C=O) groups excluding carboxylic acids is 2. The van der Waals surface area contributed by atoms with Crippen molar-refractivity contribution < 1.29 is 9.59 Å². The molecule has 1 aliphatic carbocycles. The lowest BCUT2D eigenvalue weighted by atomic mass is 9.72. The van der Waals surface area contributed by atoms with E-state index in [4.69, 9.17) is 4.99 Å². The number of nitrogens with zero attached hydrogens (tertiary/aromatic N) is 4. The van der Waals surface area contributed by atoms with Gasteiger partial charge in [0.05, 0.1) is 11.6 Å². The lowest BCUT2D eigenvalue weighted by Gasteiger charge is -2.43. The summed E-state index contributed by atoms with van der Waals surface area (Å²) in [5, 5.41) is 12.2. The number of nitrogens with one attached hydrogen (secondary N) is 1. The number of aliphatic imine (C=N–C) groups is 1. The molecule has 0 aromatic heterocycles. The van der Waals surface area contributed by atoms with E-state index in [-0.39, 0.29) is 5.91 Å². The molecular formula is C15H21N5O2. The van der Waals surface area contributed by atoms with Gasteiger partial charge in [-0.1, -0.05) is 19.3 Å². The third kappa shape index (κ3) is 2.54. The monoisotopic (exact) mass is 303 g/mol. The van der Waals surface area contributed by atoms with Crippen LogP contribution in [0.1, 0.15) is 32.1 Å². The van der Waals surface area contributed by atoms with Crippen molar-refractivity contribution in [3.8, 4) is 6.07 Å². The number of guanidine groups is 1. The third-order valence-electron chi connectivity index (χ3n) is 4.97. The van der Waals surface area contributed by atoms with E-state index >= 15 is 0 Å². The smallest absolute Gasteiger partial charge is 0.246 e. The second-order valence-corrected chi connectivity index (χ2v) is 6.28. The highest BCUT2D eigenvalue weighted by atomic mass is 16.2. The quantitative estimate of drug-likeness (QED) is 0.695. The van der Waals surface area contributed by atoms with Gasteiger partial charge < -0.3 is 9.80 Å². The van der Waals surface area contributed by atoms with E-state index in [2.05, 4.69) is 11.4 Å². The molecule has 2 fully saturated rings. The number of nitriles is 1. The largest absolute Gasteiger partial charge is 0.342 e. The van der Waals surface area contributed by atoms with Gasteiger partial charge in [0.25, 0.3) is 0 Å². The van der Waals surface area contributed by atoms with Crippen LogP contribution in [-0.2, 0) is 9.59 Å². The molecule has 2 amide bonds. The molecule has 1 N–H and O–H groups in total. The fourth-order valence-electron chi connectivity index (χ4n) is 3.66. The number of piperazine rings is 1. The summed E-state index contributed by atoms with van der Waals surface area (Å²) in [6.07, 6.45) is 5.63. The predicted octanol–water partition coefficient (Wildman–Crippen LogP) is 0.0889. The number of hydrogen-bond acceptors (Lipinski definition) is 5. The minimum absolute atomic E-state index is 0.229. The third-order valence-corrected chi connectivity index (χ3v) is 4.97. The minimum atomic E-state index is -0.687. The van der Waals surface area contributed by atoms with Crippen LogP contribution in [0.5, 0.6) is 0 Å². The molecule has 7 heteroatoms. The van der Waals surface area contributed by atoms with E-state index in [1.54, 1.807) is 4.90 Å². The summed E-state index contributed by atoms with van der Waals surface area (Å²) in [5.74, 6) is -0.330. The highest BCUT2D eigenvalue weighted by Gasteiger charge is 2.48. The Morgan fingerprint density at radius 3 is 2.50 bits per heavy atom. The normalized spacial score (nSPS) is 27.9. The summed E-state index contributed by atoms with van der Waals surface area (Å²) < 4.78 is 0. The molecule has 1 saturated heterocycles. The van der Waals surface area contributed by atoms with Gasteiger partial charge in [0, 0.05) is 26.2 Å². The summed E-state index contributed by atoms with van der Waals surface area (Å²) in [5.41, 5.74) is -0.549. The second kappa shape index (κ2) is 5.95. The van der Waals surface area contributed by atoms with Crippen molar-refractivity contribution in [2.45, 2.75) is 37.6 Å². The second-order valence-electron chi connectivity index (χ2n) is 6.28. The number of carbonyl (C=O) groups is 2. The van der Waals surface area contributed by atoms with Crippen molar-refractivity contribution in [2.24, 2.45) is 10.9 Å². The summed E-state index contributed by atoms with van der Waals surface area (Å²) in [6, 6.07) is 2.16. The summed E-state index contributed by atoms with van der Waals surface area (Å²) in [6.45, 7) is 2.58. The molecule has 118 valence electrons. The molecule has 0 radical (unpaired) electrons. The molecule has 0 aromatic carbocycles. The van der Waals surface area contributed by atoms with E-state index in [0.29, 0.717) is 32.1 Å². The number of rotatable bonds is 1. The van der Waals surface area contributed by atoms with E-state index < -0.39 is 11.5 Å². The number of hydrogen-bond donors (Lipinski definition) is 1. The van der Waals surface area contributed by atoms with Crippen LogP contribution in [0.4, 0.5) is 0 Å². The minimum Gasteiger partial charge on any atom is -0.342 e. The zero-order valence-corrected chi connectivity index (χ0v) is 12.6. The van der Waals surface area contributed by atoms with Gasteiger partial charge in [0.2, 0.25) is 18.3 Å². The Bertz CT molecular complexity index is 525. The zero-order valence-electron chi connectivity index (χ0n) is 12.6. The van der Waals surface area contributed by atoms with Crippen molar-refractivity contribution in [3.63, 3.8) is 0 Å². The Hall–Kier alpha value is -2.10. The van der Waals surface area contributed by atoms with E-state index in [1.165, 1.54) is 0 Å². The maximum absolute atomic E-state index is 12.4. The fourth-order valence-corrected chi connectivity index (χ4v) is 3.66. The van der Waals surface area contributed by atoms with Gasteiger partial charge in [-0.05, 0) is 12.8 Å². The van der Waals surface area contributed by atoms with E-state index in [0.717, 1.165) is 38.5 Å². The molecule has 0 bridgehead atoms. The Balaban J connectivity index is 1.84. The first-order valence-electron chi connectivity index (χ1n) is 7.93. The van der Waals surface area contributed by atoms with Crippen LogP contribution < -0.4 is 5.32 Å². The molecule has 3 rings (SSSR count). The predicted molar refractivity (Wildman–Crippen MR) is 79.7 cm³/mol. The highest BCUT2D eigenvalue weighted by Crippen LogP contribution is 2.39. The van der Waals surface area contributed by atoms with Gasteiger partial charge in [-0.15, -0.1) is 0 Å². The molecule has 2 heterocycles. The van der Waals surface area contributed by atoms with Crippen LogP contribution >= 0.6 is 0 Å². The molecule has 0 aromatic rings. The van der Waals surface area contributed by atoms with Gasteiger partial charge in [-0.3, -0.25) is 14.9 Å². The van der Waals surface area contributed by atoms with Gasteiger partial charge in [-0.25, -0.2) is 4.99 Å². The Kier molecular flexibility index (Phi) is 4.01. The summed E-state index contributed by atoms with van der Waals surface area (Å²) in [4.78, 5) is 31.7. The van der Waals surface area contributed by atoms with Crippen molar-refractivity contribution in [3.05, 3.63) is 0 Å². The van der Waals surface area contributed by atoms with Crippen molar-refractivity contribution in [2.75, 3.05) is 26.2 Å². The molecule has 1 atom stereocenters. The van der Waals surface area contributed by atoms with E-state index in [9.17, 15) is 14.9 Å². The van der Waals surface area contributed by atoms with Crippen LogP contribution in [-0.4, -0.2) is 59.8 Å². The molecule has 1 spiro atoms. The van der Waals surface area contributed by atoms with Crippen LogP contribution in [0, 0.1) is 17.2 Å². The number of amides is 2. The Labute approximate surface area is 130 Å². The first kappa shape index (κ1) is 14.8. The average molecular weight is 303 g/mol. The molecule has 22 heavy (non-hydrogen) atoms. The van der Waals surface area contributed by atoms with Crippen LogP contribution in [0.25, 0.3) is 0 Å². The first-order valence-corrected chi connectivity index (χ1v) is 7.93. The Morgan fingerprint density at radius 2 is 1.91 bits per heavy atom. The van der Waals surface area contributed by atoms with Gasteiger partial charge in [-0.2, -0.15) is 5.26 Å². The first-order chi connectivity index (χ1) is 10.7. The average Bonchev–Trinajstić information content (AvgIpc) is 2.55. The SMILES string of the molecule is N#CC1C(=O)NC(N2CCN(C=O)CC2)=NC12CCCCC2. The van der Waals surface area contributed by atoms with Crippen molar-refractivity contribution in [1.82, 2.24) is 15.1 Å². The molecular weight excluding hydrogens is 282 g/mol. The molecule has 1 unspecified atom stereocenters. The van der Waals surface area contributed by atoms with Crippen LogP contribution in [0.2, 0.25) is 0 Å². The molecule has 1 saturated carbocycles.